The monoisotopic (exact) mass is 544 g/mol. The summed E-state index contributed by atoms with van der Waals surface area (Å²) in [4.78, 5) is 4.40. The quantitative estimate of drug-likeness (QED) is 0.328. The van der Waals surface area contributed by atoms with Gasteiger partial charge in [0.15, 0.2) is 0 Å². The number of methoxy groups -OCH3 is 1. The van der Waals surface area contributed by atoms with Gasteiger partial charge in [0.1, 0.15) is 5.75 Å². The van der Waals surface area contributed by atoms with Gasteiger partial charge >= 0.3 is 0 Å². The smallest absolute Gasteiger partial charge is 0.118 e. The van der Waals surface area contributed by atoms with Crippen molar-refractivity contribution >= 4 is 5.57 Å². The van der Waals surface area contributed by atoms with Crippen molar-refractivity contribution in [1.29, 1.82) is 0 Å². The summed E-state index contributed by atoms with van der Waals surface area (Å²) < 4.78 is 5.25. The van der Waals surface area contributed by atoms with Crippen LogP contribution in [0.25, 0.3) is 10.9 Å². The van der Waals surface area contributed by atoms with Crippen LogP contribution in [0, 0.1) is 7.05 Å². The molecule has 4 rings (SSSR count). The SMILES string of the molecule is CN1CC[N-]CC1.[CH2-]N(CC=C(c1ccccc1)c1ccccc1)[C@H](C)c1ccc(OC)cc1.[Y]. The van der Waals surface area contributed by atoms with Crippen molar-refractivity contribution in [3.8, 4) is 5.75 Å². The molecule has 0 unspecified atom stereocenters. The van der Waals surface area contributed by atoms with Gasteiger partial charge in [0.05, 0.1) is 7.11 Å². The second-order valence-electron chi connectivity index (χ2n) is 8.54. The topological polar surface area (TPSA) is 29.8 Å². The molecule has 0 amide bonds. The Bertz CT molecular complexity index is 946. The molecule has 183 valence electrons. The van der Waals surface area contributed by atoms with Crippen LogP contribution in [0.4, 0.5) is 0 Å². The van der Waals surface area contributed by atoms with Gasteiger partial charge in [-0.15, -0.1) is 13.1 Å². The number of rotatable bonds is 7. The van der Waals surface area contributed by atoms with Crippen LogP contribution in [0.5, 0.6) is 5.75 Å². The first-order chi connectivity index (χ1) is 16.6. The summed E-state index contributed by atoms with van der Waals surface area (Å²) in [7, 11) is 8.09. The van der Waals surface area contributed by atoms with Crippen LogP contribution in [0.1, 0.15) is 29.7 Å². The molecular formula is C30H37N3OY-2. The van der Waals surface area contributed by atoms with Gasteiger partial charge in [-0.3, -0.25) is 7.05 Å². The Labute approximate surface area is 237 Å². The summed E-state index contributed by atoms with van der Waals surface area (Å²) in [6.07, 6.45) is 2.26. The van der Waals surface area contributed by atoms with Crippen LogP contribution in [-0.4, -0.2) is 56.7 Å². The van der Waals surface area contributed by atoms with E-state index in [0.29, 0.717) is 0 Å². The second kappa shape index (κ2) is 16.0. The molecule has 1 aliphatic rings. The molecule has 1 aliphatic heterocycles. The van der Waals surface area contributed by atoms with E-state index in [4.69, 9.17) is 4.74 Å². The Morgan fingerprint density at radius 3 is 1.89 bits per heavy atom. The van der Waals surface area contributed by atoms with Crippen LogP contribution in [-0.2, 0) is 32.7 Å². The minimum atomic E-state index is 0. The Morgan fingerprint density at radius 1 is 0.943 bits per heavy atom. The Hall–Kier alpha value is -1.82. The fraction of sp³-hybridized carbons (Fsp3) is 0.300. The van der Waals surface area contributed by atoms with E-state index in [9.17, 15) is 0 Å². The third kappa shape index (κ3) is 9.63. The van der Waals surface area contributed by atoms with E-state index in [1.807, 2.05) is 24.3 Å². The summed E-state index contributed by atoms with van der Waals surface area (Å²) in [5.74, 6) is 0.872. The summed E-state index contributed by atoms with van der Waals surface area (Å²) in [6, 6.07) is 29.4. The molecule has 0 aromatic heterocycles. The maximum Gasteiger partial charge on any atom is 0.118 e. The number of likely N-dealkylation sites (N-methyl/N-ethyl adjacent to an activating group) is 1. The summed E-state index contributed by atoms with van der Waals surface area (Å²) >= 11 is 0. The molecule has 3 aromatic rings. The van der Waals surface area contributed by atoms with Gasteiger partial charge in [-0.2, -0.15) is 0 Å². The van der Waals surface area contributed by atoms with Crippen molar-refractivity contribution < 1.29 is 37.4 Å². The molecule has 0 aliphatic carbocycles. The zero-order valence-corrected chi connectivity index (χ0v) is 24.1. The fourth-order valence-corrected chi connectivity index (χ4v) is 3.80. The maximum absolute atomic E-state index is 5.25. The van der Waals surface area contributed by atoms with E-state index in [2.05, 4.69) is 103 Å². The van der Waals surface area contributed by atoms with Crippen molar-refractivity contribution in [1.82, 2.24) is 9.80 Å². The van der Waals surface area contributed by atoms with Crippen molar-refractivity contribution in [2.45, 2.75) is 13.0 Å². The molecule has 0 bridgehead atoms. The summed E-state index contributed by atoms with van der Waals surface area (Å²) in [6.45, 7) is 7.31. The molecule has 1 atom stereocenters. The largest absolute Gasteiger partial charge is 0.660 e. The van der Waals surface area contributed by atoms with Crippen LogP contribution in [0.2, 0.25) is 0 Å². The molecule has 0 saturated carbocycles. The zero-order chi connectivity index (χ0) is 24.2. The number of hydrogen-bond donors (Lipinski definition) is 0. The molecule has 1 saturated heterocycles. The molecule has 5 heteroatoms. The van der Waals surface area contributed by atoms with Crippen LogP contribution < -0.4 is 4.74 Å². The zero-order valence-electron chi connectivity index (χ0n) is 21.3. The van der Waals surface area contributed by atoms with E-state index in [1.165, 1.54) is 22.3 Å². The predicted octanol–water partition coefficient (Wildman–Crippen LogP) is 6.28. The number of piperazine rings is 1. The Morgan fingerprint density at radius 2 is 1.46 bits per heavy atom. The number of hydrogen-bond acceptors (Lipinski definition) is 3. The molecule has 0 N–H and O–H groups in total. The molecule has 35 heavy (non-hydrogen) atoms. The third-order valence-corrected chi connectivity index (χ3v) is 6.13. The van der Waals surface area contributed by atoms with E-state index in [-0.39, 0.29) is 38.8 Å². The first-order valence-electron chi connectivity index (χ1n) is 11.9. The van der Waals surface area contributed by atoms with E-state index >= 15 is 0 Å². The normalized spacial score (nSPS) is 14.2. The average molecular weight is 545 g/mol. The number of benzene rings is 3. The second-order valence-corrected chi connectivity index (χ2v) is 8.54. The molecule has 3 aromatic carbocycles. The molecule has 1 heterocycles. The first-order valence-corrected chi connectivity index (χ1v) is 11.9. The van der Waals surface area contributed by atoms with Gasteiger partial charge in [0.2, 0.25) is 0 Å². The van der Waals surface area contributed by atoms with E-state index < -0.39 is 0 Å². The van der Waals surface area contributed by atoms with Gasteiger partial charge in [0.25, 0.3) is 0 Å². The molecule has 0 spiro atoms. The van der Waals surface area contributed by atoms with Gasteiger partial charge in [0, 0.05) is 38.8 Å². The standard InChI is InChI=1S/C25H26NO.C5H11N2.Y/c1-20(21-14-16-24(27-3)17-15-21)26(2)19-18-25(22-10-6-4-7-11-22)23-12-8-5-9-13-23;1-7-4-2-6-3-5-7;/h4-18,20H,2,19H2,1,3H3;2-5H2,1H3;/q2*-1;/t20-;;/m1../s1. The number of ether oxygens (including phenoxy) is 1. The molecule has 4 nitrogen and oxygen atoms in total. The Balaban J connectivity index is 0.000000465. The first kappa shape index (κ1) is 29.4. The van der Waals surface area contributed by atoms with E-state index in [0.717, 1.165) is 38.5 Å². The number of nitrogens with zero attached hydrogens (tertiary/aromatic N) is 3. The van der Waals surface area contributed by atoms with Gasteiger partial charge in [-0.1, -0.05) is 78.9 Å². The summed E-state index contributed by atoms with van der Waals surface area (Å²) in [5, 5.41) is 4.19. The van der Waals surface area contributed by atoms with Crippen LogP contribution in [0.15, 0.2) is 91.0 Å². The average Bonchev–Trinajstić information content (AvgIpc) is 2.90. The van der Waals surface area contributed by atoms with Crippen molar-refractivity contribution in [2.75, 3.05) is 46.9 Å². The van der Waals surface area contributed by atoms with Crippen LogP contribution in [0.3, 0.4) is 0 Å². The van der Waals surface area contributed by atoms with Crippen LogP contribution >= 0.6 is 0 Å². The van der Waals surface area contributed by atoms with Gasteiger partial charge in [-0.25, -0.2) is 0 Å². The minimum Gasteiger partial charge on any atom is -0.660 e. The third-order valence-electron chi connectivity index (χ3n) is 6.13. The maximum atomic E-state index is 5.25. The Kier molecular flexibility index (Phi) is 13.5. The summed E-state index contributed by atoms with van der Waals surface area (Å²) in [5.41, 5.74) is 4.88. The van der Waals surface area contributed by atoms with Crippen molar-refractivity contribution in [3.63, 3.8) is 0 Å². The van der Waals surface area contributed by atoms with E-state index in [1.54, 1.807) is 7.11 Å². The van der Waals surface area contributed by atoms with Gasteiger partial charge < -0.3 is 19.9 Å². The van der Waals surface area contributed by atoms with Gasteiger partial charge in [-0.05, 0) is 68.0 Å². The molecule has 1 radical (unpaired) electrons. The van der Waals surface area contributed by atoms with Crippen molar-refractivity contribution in [3.05, 3.63) is 120 Å². The fourth-order valence-electron chi connectivity index (χ4n) is 3.80. The van der Waals surface area contributed by atoms with Crippen molar-refractivity contribution in [2.24, 2.45) is 0 Å². The predicted molar refractivity (Wildman–Crippen MR) is 144 cm³/mol. The molecule has 1 fully saturated rings. The minimum absolute atomic E-state index is 0. The molecular weight excluding hydrogens is 507 g/mol.